The molecule has 0 radical (unpaired) electrons. The number of piperazine rings is 1. The van der Waals surface area contributed by atoms with Gasteiger partial charge in [-0.25, -0.2) is 0 Å². The Morgan fingerprint density at radius 3 is 2.90 bits per heavy atom. The molecule has 20 heavy (non-hydrogen) atoms. The molecule has 0 aromatic heterocycles. The van der Waals surface area contributed by atoms with E-state index in [2.05, 4.69) is 5.32 Å². The van der Waals surface area contributed by atoms with Crippen LogP contribution in [-0.2, 0) is 4.79 Å². The first-order chi connectivity index (χ1) is 9.20. The number of hydrogen-bond donors (Lipinski definition) is 1. The van der Waals surface area contributed by atoms with E-state index in [1.165, 1.54) is 0 Å². The van der Waals surface area contributed by atoms with E-state index in [1.807, 2.05) is 30.0 Å². The lowest BCUT2D eigenvalue weighted by molar-refractivity contribution is -0.136. The van der Waals surface area contributed by atoms with Crippen LogP contribution < -0.4 is 14.8 Å². The topological polar surface area (TPSA) is 50.8 Å². The largest absolute Gasteiger partial charge is 0.497 e. The maximum Gasteiger partial charge on any atom is 0.260 e. The molecule has 1 aliphatic rings. The maximum atomic E-state index is 12.1. The molecular formula is C14H21ClN2O3. The van der Waals surface area contributed by atoms with Crippen molar-refractivity contribution >= 4 is 18.3 Å². The number of rotatable bonds is 4. The number of amides is 1. The van der Waals surface area contributed by atoms with Gasteiger partial charge in [0.05, 0.1) is 7.11 Å². The summed E-state index contributed by atoms with van der Waals surface area (Å²) < 4.78 is 10.6. The highest BCUT2D eigenvalue weighted by atomic mass is 35.5. The molecular weight excluding hydrogens is 280 g/mol. The number of carbonyl (C=O) groups excluding carboxylic acids is 1. The fourth-order valence-electron chi connectivity index (χ4n) is 2.13. The summed E-state index contributed by atoms with van der Waals surface area (Å²) in [6, 6.07) is 7.49. The maximum absolute atomic E-state index is 12.1. The second-order valence-corrected chi connectivity index (χ2v) is 4.61. The van der Waals surface area contributed by atoms with Gasteiger partial charge in [0.1, 0.15) is 11.5 Å². The fraction of sp³-hybridized carbons (Fsp3) is 0.500. The lowest BCUT2D eigenvalue weighted by atomic mass is 10.2. The predicted molar refractivity (Wildman–Crippen MR) is 79.8 cm³/mol. The molecule has 0 saturated carbocycles. The lowest BCUT2D eigenvalue weighted by Gasteiger charge is -2.33. The number of nitrogens with zero attached hydrogens (tertiary/aromatic N) is 1. The third-order valence-electron chi connectivity index (χ3n) is 3.23. The monoisotopic (exact) mass is 300 g/mol. The van der Waals surface area contributed by atoms with E-state index in [0.717, 1.165) is 25.4 Å². The zero-order chi connectivity index (χ0) is 13.7. The van der Waals surface area contributed by atoms with E-state index in [0.29, 0.717) is 5.75 Å². The molecule has 5 nitrogen and oxygen atoms in total. The summed E-state index contributed by atoms with van der Waals surface area (Å²) in [7, 11) is 1.60. The molecule has 0 spiro atoms. The van der Waals surface area contributed by atoms with Gasteiger partial charge in [-0.2, -0.15) is 0 Å². The van der Waals surface area contributed by atoms with Gasteiger partial charge < -0.3 is 19.7 Å². The predicted octanol–water partition coefficient (Wildman–Crippen LogP) is 1.32. The van der Waals surface area contributed by atoms with Gasteiger partial charge in [0.25, 0.3) is 5.91 Å². The number of benzene rings is 1. The zero-order valence-corrected chi connectivity index (χ0v) is 12.6. The van der Waals surface area contributed by atoms with E-state index >= 15 is 0 Å². The standard InChI is InChI=1S/C14H20N2O3.ClH/c1-11-9-15-6-7-16(11)14(17)10-19-13-5-3-4-12(8-13)18-2;/h3-5,8,11,15H,6-7,9-10H2,1-2H3;1H/t11-;/m0./s1. The Hall–Kier alpha value is -1.46. The van der Waals surface area contributed by atoms with Gasteiger partial charge in [0.15, 0.2) is 6.61 Å². The molecule has 1 fully saturated rings. The summed E-state index contributed by atoms with van der Waals surface area (Å²) in [5.74, 6) is 1.40. The van der Waals surface area contributed by atoms with Crippen LogP contribution >= 0.6 is 12.4 Å². The molecule has 1 aromatic carbocycles. The minimum absolute atomic E-state index is 0. The number of carbonyl (C=O) groups is 1. The summed E-state index contributed by atoms with van der Waals surface area (Å²) in [6.45, 7) is 4.52. The average molecular weight is 301 g/mol. The molecule has 1 saturated heterocycles. The Labute approximate surface area is 125 Å². The molecule has 1 heterocycles. The van der Waals surface area contributed by atoms with Crippen molar-refractivity contribution < 1.29 is 14.3 Å². The van der Waals surface area contributed by atoms with Gasteiger partial charge >= 0.3 is 0 Å². The van der Waals surface area contributed by atoms with Gasteiger partial charge in [0, 0.05) is 31.7 Å². The summed E-state index contributed by atoms with van der Waals surface area (Å²) in [5.41, 5.74) is 0. The number of ether oxygens (including phenoxy) is 2. The minimum Gasteiger partial charge on any atom is -0.497 e. The van der Waals surface area contributed by atoms with Crippen LogP contribution in [0.5, 0.6) is 11.5 Å². The van der Waals surface area contributed by atoms with Crippen LogP contribution in [0.1, 0.15) is 6.92 Å². The number of hydrogen-bond acceptors (Lipinski definition) is 4. The molecule has 0 aliphatic carbocycles. The Morgan fingerprint density at radius 1 is 1.45 bits per heavy atom. The number of methoxy groups -OCH3 is 1. The van der Waals surface area contributed by atoms with Gasteiger partial charge in [-0.3, -0.25) is 4.79 Å². The van der Waals surface area contributed by atoms with Gasteiger partial charge in [-0.15, -0.1) is 12.4 Å². The van der Waals surface area contributed by atoms with Gasteiger partial charge in [-0.05, 0) is 19.1 Å². The lowest BCUT2D eigenvalue weighted by Crippen LogP contribution is -2.53. The van der Waals surface area contributed by atoms with E-state index in [1.54, 1.807) is 13.2 Å². The van der Waals surface area contributed by atoms with Crippen molar-refractivity contribution in [2.24, 2.45) is 0 Å². The minimum atomic E-state index is 0. The smallest absolute Gasteiger partial charge is 0.260 e. The van der Waals surface area contributed by atoms with Crippen LogP contribution in [0.15, 0.2) is 24.3 Å². The highest BCUT2D eigenvalue weighted by Gasteiger charge is 2.23. The molecule has 0 bridgehead atoms. The van der Waals surface area contributed by atoms with E-state index in [9.17, 15) is 4.79 Å². The zero-order valence-electron chi connectivity index (χ0n) is 11.8. The molecule has 1 amide bonds. The molecule has 1 atom stereocenters. The molecule has 1 aliphatic heterocycles. The van der Waals surface area contributed by atoms with Crippen molar-refractivity contribution in [3.63, 3.8) is 0 Å². The molecule has 0 unspecified atom stereocenters. The molecule has 6 heteroatoms. The van der Waals surface area contributed by atoms with Crippen molar-refractivity contribution in [2.45, 2.75) is 13.0 Å². The third kappa shape index (κ3) is 4.28. The number of halogens is 1. The van der Waals surface area contributed by atoms with Crippen LogP contribution in [0.3, 0.4) is 0 Å². The van der Waals surface area contributed by atoms with E-state index in [-0.39, 0.29) is 31.0 Å². The van der Waals surface area contributed by atoms with Crippen LogP contribution in [0.25, 0.3) is 0 Å². The molecule has 1 N–H and O–H groups in total. The van der Waals surface area contributed by atoms with Crippen LogP contribution in [0.4, 0.5) is 0 Å². The Morgan fingerprint density at radius 2 is 2.20 bits per heavy atom. The van der Waals surface area contributed by atoms with E-state index < -0.39 is 0 Å². The first kappa shape index (κ1) is 16.6. The molecule has 1 aromatic rings. The summed E-state index contributed by atoms with van der Waals surface area (Å²) in [6.07, 6.45) is 0. The van der Waals surface area contributed by atoms with Crippen molar-refractivity contribution in [1.82, 2.24) is 10.2 Å². The Bertz CT molecular complexity index is 442. The van der Waals surface area contributed by atoms with Gasteiger partial charge in [0.2, 0.25) is 0 Å². The van der Waals surface area contributed by atoms with Crippen molar-refractivity contribution in [3.05, 3.63) is 24.3 Å². The van der Waals surface area contributed by atoms with Crippen molar-refractivity contribution in [1.29, 1.82) is 0 Å². The highest BCUT2D eigenvalue weighted by molar-refractivity contribution is 5.85. The molecule has 112 valence electrons. The Kier molecular flexibility index (Phi) is 6.61. The second-order valence-electron chi connectivity index (χ2n) is 4.61. The second kappa shape index (κ2) is 7.97. The number of nitrogens with one attached hydrogen (secondary N) is 1. The highest BCUT2D eigenvalue weighted by Crippen LogP contribution is 2.18. The first-order valence-electron chi connectivity index (χ1n) is 6.47. The van der Waals surface area contributed by atoms with Crippen LogP contribution in [0.2, 0.25) is 0 Å². The van der Waals surface area contributed by atoms with Crippen molar-refractivity contribution in [3.8, 4) is 11.5 Å². The quantitative estimate of drug-likeness (QED) is 0.911. The first-order valence-corrected chi connectivity index (χ1v) is 6.47. The van der Waals surface area contributed by atoms with Crippen LogP contribution in [0, 0.1) is 0 Å². The third-order valence-corrected chi connectivity index (χ3v) is 3.23. The summed E-state index contributed by atoms with van der Waals surface area (Å²) >= 11 is 0. The van der Waals surface area contributed by atoms with Crippen molar-refractivity contribution in [2.75, 3.05) is 33.4 Å². The van der Waals surface area contributed by atoms with Crippen LogP contribution in [-0.4, -0.2) is 50.2 Å². The average Bonchev–Trinajstić information content (AvgIpc) is 2.45. The Balaban J connectivity index is 0.00000200. The summed E-state index contributed by atoms with van der Waals surface area (Å²) in [5, 5.41) is 3.26. The van der Waals surface area contributed by atoms with E-state index in [4.69, 9.17) is 9.47 Å². The summed E-state index contributed by atoms with van der Waals surface area (Å²) in [4.78, 5) is 13.9. The van der Waals surface area contributed by atoms with Gasteiger partial charge in [-0.1, -0.05) is 6.07 Å². The normalized spacial score (nSPS) is 18.1. The fourth-order valence-corrected chi connectivity index (χ4v) is 2.13. The molecule has 2 rings (SSSR count). The SMILES string of the molecule is COc1cccc(OCC(=O)N2CCNC[C@@H]2C)c1.Cl.